The maximum Gasteiger partial charge on any atom is 0.307 e. The van der Waals surface area contributed by atoms with Gasteiger partial charge < -0.3 is 5.32 Å². The highest BCUT2D eigenvalue weighted by Gasteiger charge is 2.22. The Kier molecular flexibility index (Phi) is 6.46. The molecular weight excluding hydrogens is 450 g/mol. The van der Waals surface area contributed by atoms with E-state index in [1.807, 2.05) is 0 Å². The Balaban J connectivity index is 1.70. The smallest absolute Gasteiger partial charge is 0.307 e. The number of hydrogen-bond donors (Lipinski definition) is 2. The van der Waals surface area contributed by atoms with Gasteiger partial charge in [0, 0.05) is 5.69 Å². The van der Waals surface area contributed by atoms with E-state index in [1.54, 1.807) is 6.92 Å². The van der Waals surface area contributed by atoms with E-state index in [0.29, 0.717) is 12.1 Å². The van der Waals surface area contributed by atoms with Crippen LogP contribution in [-0.2, 0) is 14.8 Å². The van der Waals surface area contributed by atoms with Crippen molar-refractivity contribution < 1.29 is 18.1 Å². The van der Waals surface area contributed by atoms with E-state index < -0.39 is 26.9 Å². The minimum atomic E-state index is -3.93. The van der Waals surface area contributed by atoms with Crippen LogP contribution in [-0.4, -0.2) is 39.2 Å². The zero-order valence-corrected chi connectivity index (χ0v) is 17.5. The molecule has 0 aliphatic rings. The van der Waals surface area contributed by atoms with E-state index in [4.69, 9.17) is 11.6 Å². The van der Waals surface area contributed by atoms with Crippen LogP contribution >= 0.6 is 11.6 Å². The number of nitrogens with one attached hydrogen (secondary N) is 2. The summed E-state index contributed by atoms with van der Waals surface area (Å²) in [7, 11) is -3.93. The first-order valence-corrected chi connectivity index (χ1v) is 10.7. The molecule has 0 radical (unpaired) electrons. The first kappa shape index (κ1) is 22.1. The Bertz CT molecular complexity index is 1200. The van der Waals surface area contributed by atoms with Crippen molar-refractivity contribution in [3.05, 3.63) is 64.1 Å². The van der Waals surface area contributed by atoms with E-state index in [9.17, 15) is 23.3 Å². The molecule has 1 atom stereocenters. The summed E-state index contributed by atoms with van der Waals surface area (Å²) in [6.07, 6.45) is 2.57. The van der Waals surface area contributed by atoms with Gasteiger partial charge in [-0.3, -0.25) is 24.3 Å². The zero-order chi connectivity index (χ0) is 22.6. The second kappa shape index (κ2) is 9.06. The largest absolute Gasteiger partial charge is 0.324 e. The van der Waals surface area contributed by atoms with Crippen LogP contribution < -0.4 is 10.0 Å². The van der Waals surface area contributed by atoms with Crippen LogP contribution in [0.3, 0.4) is 0 Å². The highest BCUT2D eigenvalue weighted by molar-refractivity contribution is 7.92. The Hall–Kier alpha value is -3.58. The van der Waals surface area contributed by atoms with Crippen molar-refractivity contribution in [1.29, 1.82) is 0 Å². The molecule has 0 bridgehead atoms. The summed E-state index contributed by atoms with van der Waals surface area (Å²) in [4.78, 5) is 22.7. The number of nitro groups is 1. The Morgan fingerprint density at radius 2 is 1.94 bits per heavy atom. The summed E-state index contributed by atoms with van der Waals surface area (Å²) in [6.45, 7) is 1.73. The van der Waals surface area contributed by atoms with Gasteiger partial charge in [0.25, 0.3) is 10.0 Å². The molecule has 0 aliphatic heterocycles. The van der Waals surface area contributed by atoms with Crippen molar-refractivity contribution in [1.82, 2.24) is 20.0 Å². The van der Waals surface area contributed by atoms with Crippen molar-refractivity contribution in [2.75, 3.05) is 10.0 Å². The fraction of sp³-hybridized carbons (Fsp3) is 0.176. The van der Waals surface area contributed by atoms with Crippen LogP contribution in [0.5, 0.6) is 0 Å². The molecule has 1 unspecified atom stereocenters. The number of halogens is 1. The normalized spacial score (nSPS) is 12.2. The summed E-state index contributed by atoms with van der Waals surface area (Å²) in [5, 5.41) is 24.6. The highest BCUT2D eigenvalue weighted by Crippen LogP contribution is 2.20. The van der Waals surface area contributed by atoms with Crippen LogP contribution in [0.15, 0.2) is 53.7 Å². The van der Waals surface area contributed by atoms with Crippen molar-refractivity contribution in [2.24, 2.45) is 0 Å². The SMILES string of the molecule is CCC(C(=O)Nc1ccc(S(=O)(=O)Nc2ccc(Cl)nn2)cc1)n1cc([N+](=O)[O-])cn1. The van der Waals surface area contributed by atoms with Crippen LogP contribution in [0.4, 0.5) is 17.2 Å². The van der Waals surface area contributed by atoms with E-state index in [1.165, 1.54) is 47.3 Å². The number of benzene rings is 1. The molecule has 2 heterocycles. The molecule has 162 valence electrons. The number of rotatable bonds is 8. The van der Waals surface area contributed by atoms with Gasteiger partial charge in [-0.2, -0.15) is 5.10 Å². The van der Waals surface area contributed by atoms with Gasteiger partial charge >= 0.3 is 5.69 Å². The van der Waals surface area contributed by atoms with Crippen LogP contribution in [0, 0.1) is 10.1 Å². The quantitative estimate of drug-likeness (QED) is 0.378. The standard InChI is InChI=1S/C17H16ClN7O5S/c1-2-14(24-10-12(9-19-24)25(27)28)17(26)20-11-3-5-13(6-4-11)31(29,30)23-16-8-7-15(18)21-22-16/h3-10,14H,2H2,1H3,(H,20,26)(H,22,23). The lowest BCUT2D eigenvalue weighted by Crippen LogP contribution is -2.26. The molecule has 1 amide bonds. The summed E-state index contributed by atoms with van der Waals surface area (Å²) >= 11 is 5.63. The van der Waals surface area contributed by atoms with Crippen LogP contribution in [0.2, 0.25) is 5.15 Å². The lowest BCUT2D eigenvalue weighted by atomic mass is 10.2. The molecule has 3 rings (SSSR count). The van der Waals surface area contributed by atoms with Crippen LogP contribution in [0.1, 0.15) is 19.4 Å². The minimum absolute atomic E-state index is 0.000818. The number of aromatic nitrogens is 4. The molecule has 12 nitrogen and oxygen atoms in total. The van der Waals surface area contributed by atoms with Crippen molar-refractivity contribution in [3.63, 3.8) is 0 Å². The average molecular weight is 466 g/mol. The first-order valence-electron chi connectivity index (χ1n) is 8.81. The zero-order valence-electron chi connectivity index (χ0n) is 16.0. The van der Waals surface area contributed by atoms with Gasteiger partial charge in [-0.25, -0.2) is 8.42 Å². The molecule has 0 spiro atoms. The molecule has 1 aromatic carbocycles. The lowest BCUT2D eigenvalue weighted by Gasteiger charge is -2.15. The Morgan fingerprint density at radius 3 is 2.48 bits per heavy atom. The number of sulfonamides is 1. The van der Waals surface area contributed by atoms with Crippen molar-refractivity contribution >= 4 is 44.7 Å². The summed E-state index contributed by atoms with van der Waals surface area (Å²) in [5.74, 6) is -0.452. The molecule has 2 aromatic heterocycles. The molecule has 0 saturated heterocycles. The molecular formula is C17H16ClN7O5S. The van der Waals surface area contributed by atoms with Gasteiger partial charge in [-0.1, -0.05) is 18.5 Å². The van der Waals surface area contributed by atoms with Crippen LogP contribution in [0.25, 0.3) is 0 Å². The van der Waals surface area contributed by atoms with E-state index in [-0.39, 0.29) is 21.6 Å². The maximum absolute atomic E-state index is 12.6. The number of hydrogen-bond acceptors (Lipinski definition) is 8. The molecule has 31 heavy (non-hydrogen) atoms. The van der Waals surface area contributed by atoms with E-state index >= 15 is 0 Å². The third-order valence-corrected chi connectivity index (χ3v) is 5.68. The molecule has 3 aromatic rings. The second-order valence-corrected chi connectivity index (χ2v) is 8.29. The third-order valence-electron chi connectivity index (χ3n) is 4.11. The second-order valence-electron chi connectivity index (χ2n) is 6.22. The summed E-state index contributed by atoms with van der Waals surface area (Å²) in [5.41, 5.74) is 0.119. The van der Waals surface area contributed by atoms with E-state index in [0.717, 1.165) is 6.20 Å². The topological polar surface area (TPSA) is 162 Å². The van der Waals surface area contributed by atoms with Gasteiger partial charge in [0.2, 0.25) is 5.91 Å². The van der Waals surface area contributed by atoms with Gasteiger partial charge in [0.15, 0.2) is 11.0 Å². The number of carbonyl (C=O) groups excluding carboxylic acids is 1. The number of anilines is 2. The lowest BCUT2D eigenvalue weighted by molar-refractivity contribution is -0.385. The molecule has 14 heteroatoms. The van der Waals surface area contributed by atoms with Gasteiger partial charge in [-0.05, 0) is 42.8 Å². The Labute approximate surface area is 181 Å². The highest BCUT2D eigenvalue weighted by atomic mass is 35.5. The van der Waals surface area contributed by atoms with Gasteiger partial charge in [0.1, 0.15) is 18.4 Å². The number of amides is 1. The molecule has 0 fully saturated rings. The monoisotopic (exact) mass is 465 g/mol. The van der Waals surface area contributed by atoms with Crippen molar-refractivity contribution in [3.8, 4) is 0 Å². The molecule has 0 saturated carbocycles. The third kappa shape index (κ3) is 5.32. The Morgan fingerprint density at radius 1 is 1.23 bits per heavy atom. The number of nitrogens with zero attached hydrogens (tertiary/aromatic N) is 5. The average Bonchev–Trinajstić information content (AvgIpc) is 3.21. The predicted molar refractivity (Wildman–Crippen MR) is 111 cm³/mol. The number of carbonyl (C=O) groups is 1. The first-order chi connectivity index (χ1) is 14.7. The van der Waals surface area contributed by atoms with Crippen molar-refractivity contribution in [2.45, 2.75) is 24.3 Å². The van der Waals surface area contributed by atoms with Gasteiger partial charge in [0.05, 0.1) is 9.82 Å². The fourth-order valence-electron chi connectivity index (χ4n) is 2.60. The van der Waals surface area contributed by atoms with Gasteiger partial charge in [-0.15, -0.1) is 10.2 Å². The summed E-state index contributed by atoms with van der Waals surface area (Å²) in [6, 6.07) is 7.43. The molecule has 2 N–H and O–H groups in total. The molecule has 0 aliphatic carbocycles. The minimum Gasteiger partial charge on any atom is -0.324 e. The maximum atomic E-state index is 12.6. The predicted octanol–water partition coefficient (Wildman–Crippen LogP) is 2.63. The fourth-order valence-corrected chi connectivity index (χ4v) is 3.69. The van der Waals surface area contributed by atoms with E-state index in [2.05, 4.69) is 25.3 Å². The summed E-state index contributed by atoms with van der Waals surface area (Å²) < 4.78 is 28.4.